The van der Waals surface area contributed by atoms with Gasteiger partial charge in [0.05, 0.1) is 12.5 Å². The summed E-state index contributed by atoms with van der Waals surface area (Å²) in [6, 6.07) is 19.8. The average molecular weight is 662 g/mol. The van der Waals surface area contributed by atoms with E-state index >= 15 is 0 Å². The van der Waals surface area contributed by atoms with Crippen molar-refractivity contribution in [1.29, 1.82) is 0 Å². The van der Waals surface area contributed by atoms with Gasteiger partial charge in [0.15, 0.2) is 0 Å². The van der Waals surface area contributed by atoms with Gasteiger partial charge in [-0.1, -0.05) is 67.9 Å². The molecule has 47 heavy (non-hydrogen) atoms. The van der Waals surface area contributed by atoms with Gasteiger partial charge in [0.1, 0.15) is 0 Å². The van der Waals surface area contributed by atoms with Crippen molar-refractivity contribution >= 4 is 17.5 Å². The van der Waals surface area contributed by atoms with Crippen LogP contribution in [0.15, 0.2) is 66.7 Å². The van der Waals surface area contributed by atoms with Crippen LogP contribution in [-0.2, 0) is 11.3 Å². The molecule has 1 saturated heterocycles. The Balaban J connectivity index is 1.30. The third kappa shape index (κ3) is 5.63. The molecule has 2 aliphatic heterocycles. The van der Waals surface area contributed by atoms with Crippen molar-refractivity contribution in [3.8, 4) is 11.1 Å². The van der Waals surface area contributed by atoms with E-state index in [9.17, 15) is 40.3 Å². The molecule has 6 rings (SSSR count). The number of benzene rings is 3. The molecule has 250 valence electrons. The van der Waals surface area contributed by atoms with Crippen LogP contribution in [0, 0.1) is 0 Å². The van der Waals surface area contributed by atoms with Crippen molar-refractivity contribution in [2.45, 2.75) is 69.1 Å². The first-order chi connectivity index (χ1) is 22.3. The van der Waals surface area contributed by atoms with Gasteiger partial charge in [0, 0.05) is 49.0 Å². The minimum absolute atomic E-state index is 0.0131. The molecule has 3 aromatic rings. The van der Waals surface area contributed by atoms with Gasteiger partial charge in [-0.05, 0) is 53.6 Å². The predicted octanol–water partition coefficient (Wildman–Crippen LogP) is 7.89. The Morgan fingerprint density at radius 2 is 1.49 bits per heavy atom. The molecular formula is C35H34F7N3O2. The minimum atomic E-state index is -6.50. The highest BCUT2D eigenvalue weighted by molar-refractivity contribution is 6.00. The summed E-state index contributed by atoms with van der Waals surface area (Å²) in [5.74, 6) is -14.0. The van der Waals surface area contributed by atoms with Crippen LogP contribution in [0.5, 0.6) is 0 Å². The van der Waals surface area contributed by atoms with Gasteiger partial charge in [-0.3, -0.25) is 9.59 Å². The number of unbranched alkanes of at least 4 members (excludes halogenated alkanes) is 1. The van der Waals surface area contributed by atoms with Crippen LogP contribution in [0.1, 0.15) is 65.6 Å². The van der Waals surface area contributed by atoms with E-state index in [-0.39, 0.29) is 18.4 Å². The number of fused-ring (bicyclic) bond motifs is 4. The molecule has 3 aliphatic rings. The normalized spacial score (nSPS) is 18.3. The topological polar surface area (TPSA) is 43.9 Å². The lowest BCUT2D eigenvalue weighted by molar-refractivity contribution is -0.355. The molecule has 1 aliphatic carbocycles. The Hall–Kier alpha value is -4.09. The number of anilines is 1. The highest BCUT2D eigenvalue weighted by Gasteiger charge is 2.73. The predicted molar refractivity (Wildman–Crippen MR) is 163 cm³/mol. The highest BCUT2D eigenvalue weighted by Crippen LogP contribution is 2.51. The fourth-order valence-corrected chi connectivity index (χ4v) is 7.11. The van der Waals surface area contributed by atoms with E-state index in [1.54, 1.807) is 37.3 Å². The molecule has 1 unspecified atom stereocenters. The van der Waals surface area contributed by atoms with Crippen LogP contribution in [0.2, 0.25) is 0 Å². The Labute approximate surface area is 267 Å². The van der Waals surface area contributed by atoms with Gasteiger partial charge in [0.2, 0.25) is 5.91 Å². The SMILES string of the molecule is CCCCN(CC(F)(F)C(F)(F)C(F)(F)F)C(=O)C1c2ccccc2-c2cccc(N3CCC(N4Cc5ccccc5C4=O)CC3)c21. The maximum absolute atomic E-state index is 14.8. The standard InChI is InChI=1S/C35H34F7N3O2/c1-2-3-17-44(21-33(36,37)34(38,39)35(40,41)42)32(47)30-27-12-7-6-11-25(27)26-13-8-14-28(29(26)30)43-18-15-23(16-19-43)45-20-22-9-4-5-10-24(22)31(45)46/h4-14,23,30H,2-3,15-21H2,1H3. The molecule has 3 aromatic carbocycles. The number of halogens is 7. The number of piperidine rings is 1. The van der Waals surface area contributed by atoms with Crippen LogP contribution in [-0.4, -0.2) is 71.9 Å². The fraction of sp³-hybridized carbons (Fsp3) is 0.429. The zero-order valence-electron chi connectivity index (χ0n) is 25.7. The van der Waals surface area contributed by atoms with Crippen molar-refractivity contribution in [3.05, 3.63) is 89.0 Å². The molecule has 0 aromatic heterocycles. The zero-order valence-corrected chi connectivity index (χ0v) is 25.7. The number of alkyl halides is 7. The van der Waals surface area contributed by atoms with Crippen molar-refractivity contribution in [2.75, 3.05) is 31.1 Å². The monoisotopic (exact) mass is 661 g/mol. The number of amides is 2. The molecule has 12 heteroatoms. The third-order valence-corrected chi connectivity index (χ3v) is 9.57. The van der Waals surface area contributed by atoms with Gasteiger partial charge >= 0.3 is 18.0 Å². The maximum Gasteiger partial charge on any atom is 0.459 e. The van der Waals surface area contributed by atoms with Crippen LogP contribution in [0.25, 0.3) is 11.1 Å². The first-order valence-corrected chi connectivity index (χ1v) is 15.7. The summed E-state index contributed by atoms with van der Waals surface area (Å²) in [4.78, 5) is 31.8. The molecular weight excluding hydrogens is 627 g/mol. The summed E-state index contributed by atoms with van der Waals surface area (Å²) in [6.07, 6.45) is -4.69. The quantitative estimate of drug-likeness (QED) is 0.219. The molecule has 0 radical (unpaired) electrons. The zero-order chi connectivity index (χ0) is 33.7. The van der Waals surface area contributed by atoms with Crippen LogP contribution in [0.3, 0.4) is 0 Å². The number of carbonyl (C=O) groups is 2. The Bertz CT molecular complexity index is 1670. The van der Waals surface area contributed by atoms with Crippen molar-refractivity contribution in [3.63, 3.8) is 0 Å². The largest absolute Gasteiger partial charge is 0.459 e. The van der Waals surface area contributed by atoms with Gasteiger partial charge in [-0.15, -0.1) is 0 Å². The van der Waals surface area contributed by atoms with E-state index in [1.165, 1.54) is 0 Å². The van der Waals surface area contributed by atoms with Crippen LogP contribution in [0.4, 0.5) is 36.4 Å². The Kier molecular flexibility index (Phi) is 8.50. The summed E-state index contributed by atoms with van der Waals surface area (Å²) in [5, 5.41) is 0. The minimum Gasteiger partial charge on any atom is -0.371 e. The fourth-order valence-electron chi connectivity index (χ4n) is 7.11. The van der Waals surface area contributed by atoms with Gasteiger partial charge in [0.25, 0.3) is 5.91 Å². The van der Waals surface area contributed by atoms with E-state index in [4.69, 9.17) is 0 Å². The van der Waals surface area contributed by atoms with E-state index in [0.29, 0.717) is 77.3 Å². The molecule has 5 nitrogen and oxygen atoms in total. The van der Waals surface area contributed by atoms with E-state index in [2.05, 4.69) is 4.90 Å². The number of nitrogens with zero attached hydrogens (tertiary/aromatic N) is 3. The summed E-state index contributed by atoms with van der Waals surface area (Å²) in [5.41, 5.74) is 4.66. The van der Waals surface area contributed by atoms with Gasteiger partial charge in [-0.2, -0.15) is 30.7 Å². The molecule has 1 fully saturated rings. The lowest BCUT2D eigenvalue weighted by Gasteiger charge is -2.39. The molecule has 2 amide bonds. The van der Waals surface area contributed by atoms with Crippen molar-refractivity contribution < 1.29 is 40.3 Å². The molecule has 1 atom stereocenters. The average Bonchev–Trinajstić information content (AvgIpc) is 3.57. The first-order valence-electron chi connectivity index (χ1n) is 15.7. The third-order valence-electron chi connectivity index (χ3n) is 9.57. The molecule has 0 bridgehead atoms. The second kappa shape index (κ2) is 12.2. The number of rotatable bonds is 9. The van der Waals surface area contributed by atoms with E-state index in [0.717, 1.165) is 5.56 Å². The first kappa shape index (κ1) is 32.8. The summed E-state index contributed by atoms with van der Waals surface area (Å²) < 4.78 is 96.7. The van der Waals surface area contributed by atoms with Gasteiger partial charge in [-0.25, -0.2) is 0 Å². The molecule has 2 heterocycles. The van der Waals surface area contributed by atoms with Crippen molar-refractivity contribution in [1.82, 2.24) is 9.80 Å². The van der Waals surface area contributed by atoms with Gasteiger partial charge < -0.3 is 14.7 Å². The Morgan fingerprint density at radius 3 is 2.15 bits per heavy atom. The smallest absolute Gasteiger partial charge is 0.371 e. The van der Waals surface area contributed by atoms with E-state index < -0.39 is 42.9 Å². The summed E-state index contributed by atoms with van der Waals surface area (Å²) in [7, 11) is 0. The number of carbonyl (C=O) groups excluding carboxylic acids is 2. The Morgan fingerprint density at radius 1 is 0.851 bits per heavy atom. The molecule has 0 saturated carbocycles. The van der Waals surface area contributed by atoms with E-state index in [1.807, 2.05) is 41.3 Å². The number of hydrogen-bond donors (Lipinski definition) is 0. The maximum atomic E-state index is 14.8. The summed E-state index contributed by atoms with van der Waals surface area (Å²) >= 11 is 0. The second-order valence-corrected chi connectivity index (χ2v) is 12.5. The van der Waals surface area contributed by atoms with Crippen LogP contribution >= 0.6 is 0 Å². The molecule has 0 spiro atoms. The second-order valence-electron chi connectivity index (χ2n) is 12.5. The van der Waals surface area contributed by atoms with Crippen molar-refractivity contribution in [2.24, 2.45) is 0 Å². The number of hydrogen-bond acceptors (Lipinski definition) is 3. The van der Waals surface area contributed by atoms with Crippen LogP contribution < -0.4 is 4.90 Å². The lowest BCUT2D eigenvalue weighted by Crippen LogP contribution is -2.58. The molecule has 0 N–H and O–H groups in total. The highest BCUT2D eigenvalue weighted by atomic mass is 19.4. The lowest BCUT2D eigenvalue weighted by atomic mass is 9.92. The summed E-state index contributed by atoms with van der Waals surface area (Å²) in [6.45, 7) is 0.778.